The van der Waals surface area contributed by atoms with Crippen molar-refractivity contribution in [2.24, 2.45) is 11.8 Å². The second kappa shape index (κ2) is 5.01. The molecule has 5 nitrogen and oxygen atoms in total. The van der Waals surface area contributed by atoms with Gasteiger partial charge in [-0.1, -0.05) is 13.0 Å². The van der Waals surface area contributed by atoms with Crippen molar-refractivity contribution in [2.75, 3.05) is 13.1 Å². The molecule has 3 heterocycles. The third-order valence-corrected chi connectivity index (χ3v) is 3.79. The molecule has 100 valence electrons. The minimum absolute atomic E-state index is 0.0679. The van der Waals surface area contributed by atoms with Gasteiger partial charge in [-0.2, -0.15) is 0 Å². The average molecular weight is 258 g/mol. The number of fused-ring (bicyclic) bond motifs is 1. The van der Waals surface area contributed by atoms with Crippen molar-refractivity contribution in [1.29, 1.82) is 0 Å². The summed E-state index contributed by atoms with van der Waals surface area (Å²) in [5, 5.41) is 6.16. The second-order valence-electron chi connectivity index (χ2n) is 5.12. The molecular formula is C14H18N4O. The van der Waals surface area contributed by atoms with Gasteiger partial charge in [0.15, 0.2) is 0 Å². The van der Waals surface area contributed by atoms with Crippen molar-refractivity contribution < 1.29 is 4.79 Å². The van der Waals surface area contributed by atoms with E-state index in [9.17, 15) is 4.79 Å². The molecule has 1 aliphatic rings. The molecule has 0 radical (unpaired) electrons. The molecule has 2 aromatic heterocycles. The zero-order valence-corrected chi connectivity index (χ0v) is 11.0. The molecule has 1 fully saturated rings. The first-order valence-corrected chi connectivity index (χ1v) is 6.65. The molecule has 0 spiro atoms. The summed E-state index contributed by atoms with van der Waals surface area (Å²) in [5.74, 6) is 0.655. The van der Waals surface area contributed by atoms with Gasteiger partial charge >= 0.3 is 0 Å². The lowest BCUT2D eigenvalue weighted by atomic mass is 9.88. The summed E-state index contributed by atoms with van der Waals surface area (Å²) >= 11 is 0. The van der Waals surface area contributed by atoms with E-state index in [0.717, 1.165) is 24.4 Å². The number of pyridine rings is 1. The number of hydrogen-bond donors (Lipinski definition) is 2. The Morgan fingerprint density at radius 2 is 2.42 bits per heavy atom. The van der Waals surface area contributed by atoms with Crippen molar-refractivity contribution >= 4 is 11.6 Å². The van der Waals surface area contributed by atoms with E-state index < -0.39 is 0 Å². The number of nitrogens with one attached hydrogen (secondary N) is 2. The van der Waals surface area contributed by atoms with Crippen LogP contribution in [0.25, 0.3) is 5.65 Å². The molecule has 2 N–H and O–H groups in total. The fourth-order valence-electron chi connectivity index (χ4n) is 2.29. The zero-order valence-electron chi connectivity index (χ0n) is 11.0. The summed E-state index contributed by atoms with van der Waals surface area (Å²) < 4.78 is 1.96. The predicted molar refractivity (Wildman–Crippen MR) is 72.6 cm³/mol. The predicted octanol–water partition coefficient (Wildman–Crippen LogP) is 0.806. The molecule has 1 atom stereocenters. The minimum atomic E-state index is 0.0679. The van der Waals surface area contributed by atoms with Crippen molar-refractivity contribution in [3.8, 4) is 0 Å². The molecular weight excluding hydrogens is 240 g/mol. The van der Waals surface area contributed by atoms with Crippen LogP contribution in [0.2, 0.25) is 0 Å². The van der Waals surface area contributed by atoms with Crippen LogP contribution in [-0.4, -0.2) is 28.4 Å². The van der Waals surface area contributed by atoms with Gasteiger partial charge in [0, 0.05) is 18.3 Å². The van der Waals surface area contributed by atoms with E-state index in [0.29, 0.717) is 12.5 Å². The second-order valence-corrected chi connectivity index (χ2v) is 5.12. The van der Waals surface area contributed by atoms with Gasteiger partial charge in [0.2, 0.25) is 5.91 Å². The fourth-order valence-corrected chi connectivity index (χ4v) is 2.29. The summed E-state index contributed by atoms with van der Waals surface area (Å²) in [6.45, 7) is 4.38. The number of amides is 1. The highest BCUT2D eigenvalue weighted by molar-refractivity contribution is 5.78. The van der Waals surface area contributed by atoms with Crippen LogP contribution in [0, 0.1) is 11.8 Å². The van der Waals surface area contributed by atoms with Crippen LogP contribution in [-0.2, 0) is 11.3 Å². The van der Waals surface area contributed by atoms with Crippen LogP contribution in [0.5, 0.6) is 0 Å². The molecule has 1 aliphatic heterocycles. The Morgan fingerprint density at radius 1 is 1.58 bits per heavy atom. The van der Waals surface area contributed by atoms with Gasteiger partial charge in [0.05, 0.1) is 12.2 Å². The summed E-state index contributed by atoms with van der Waals surface area (Å²) in [6.07, 6.45) is 3.90. The van der Waals surface area contributed by atoms with E-state index in [-0.39, 0.29) is 11.8 Å². The number of nitrogens with zero attached hydrogens (tertiary/aromatic N) is 2. The molecule has 3 rings (SSSR count). The number of carbonyl (C=O) groups is 1. The Morgan fingerprint density at radius 3 is 3.11 bits per heavy atom. The maximum atomic E-state index is 12.0. The quantitative estimate of drug-likeness (QED) is 0.853. The van der Waals surface area contributed by atoms with E-state index in [1.807, 2.05) is 41.9 Å². The van der Waals surface area contributed by atoms with E-state index in [1.54, 1.807) is 0 Å². The van der Waals surface area contributed by atoms with Gasteiger partial charge in [-0.3, -0.25) is 4.79 Å². The van der Waals surface area contributed by atoms with Gasteiger partial charge in [0.25, 0.3) is 0 Å². The highest BCUT2D eigenvalue weighted by atomic mass is 16.1. The molecule has 19 heavy (non-hydrogen) atoms. The standard InChI is InChI=1S/C14H18N4O/c1-10(11-6-15-7-11)14(19)16-8-12-9-18-5-3-2-4-13(18)17-12/h2-5,9-11,15H,6-8H2,1H3,(H,16,19). The first kappa shape index (κ1) is 12.2. The summed E-state index contributed by atoms with van der Waals surface area (Å²) in [4.78, 5) is 16.5. The van der Waals surface area contributed by atoms with E-state index in [2.05, 4.69) is 15.6 Å². The third kappa shape index (κ3) is 2.46. The Balaban J connectivity index is 1.60. The lowest BCUT2D eigenvalue weighted by Crippen LogP contribution is -2.49. The van der Waals surface area contributed by atoms with Crippen LogP contribution in [0.3, 0.4) is 0 Å². The minimum Gasteiger partial charge on any atom is -0.350 e. The normalized spacial score (nSPS) is 17.1. The SMILES string of the molecule is CC(C(=O)NCc1cn2ccccc2n1)C1CNC1. The van der Waals surface area contributed by atoms with Gasteiger partial charge in [0.1, 0.15) is 5.65 Å². The van der Waals surface area contributed by atoms with Crippen molar-refractivity contribution in [1.82, 2.24) is 20.0 Å². The summed E-state index contributed by atoms with van der Waals surface area (Å²) in [7, 11) is 0. The number of imidazole rings is 1. The topological polar surface area (TPSA) is 58.4 Å². The van der Waals surface area contributed by atoms with Crippen LogP contribution in [0.1, 0.15) is 12.6 Å². The van der Waals surface area contributed by atoms with Crippen LogP contribution in [0.15, 0.2) is 30.6 Å². The van der Waals surface area contributed by atoms with Gasteiger partial charge < -0.3 is 15.0 Å². The first-order valence-electron chi connectivity index (χ1n) is 6.65. The molecule has 0 bridgehead atoms. The van der Waals surface area contributed by atoms with Gasteiger partial charge in [-0.15, -0.1) is 0 Å². The van der Waals surface area contributed by atoms with Crippen LogP contribution in [0.4, 0.5) is 0 Å². The number of rotatable bonds is 4. The number of carbonyl (C=O) groups excluding carboxylic acids is 1. The lowest BCUT2D eigenvalue weighted by Gasteiger charge is -2.31. The van der Waals surface area contributed by atoms with E-state index in [4.69, 9.17) is 0 Å². The molecule has 0 aliphatic carbocycles. The van der Waals surface area contributed by atoms with E-state index >= 15 is 0 Å². The van der Waals surface area contributed by atoms with Crippen molar-refractivity contribution in [2.45, 2.75) is 13.5 Å². The molecule has 1 unspecified atom stereocenters. The zero-order chi connectivity index (χ0) is 13.2. The smallest absolute Gasteiger partial charge is 0.223 e. The van der Waals surface area contributed by atoms with E-state index in [1.165, 1.54) is 0 Å². The van der Waals surface area contributed by atoms with Crippen molar-refractivity contribution in [3.05, 3.63) is 36.3 Å². The van der Waals surface area contributed by atoms with Crippen LogP contribution < -0.4 is 10.6 Å². The van der Waals surface area contributed by atoms with Gasteiger partial charge in [-0.25, -0.2) is 4.98 Å². The molecule has 1 amide bonds. The average Bonchev–Trinajstić information content (AvgIpc) is 2.76. The summed E-state index contributed by atoms with van der Waals surface area (Å²) in [6, 6.07) is 5.87. The Bertz CT molecular complexity index is 555. The maximum absolute atomic E-state index is 12.0. The molecule has 5 heteroatoms. The van der Waals surface area contributed by atoms with Gasteiger partial charge in [-0.05, 0) is 31.1 Å². The summed E-state index contributed by atoms with van der Waals surface area (Å²) in [5.41, 5.74) is 1.79. The molecule has 0 saturated carbocycles. The Labute approximate surface area is 112 Å². The Kier molecular flexibility index (Phi) is 3.21. The number of hydrogen-bond acceptors (Lipinski definition) is 3. The maximum Gasteiger partial charge on any atom is 0.223 e. The molecule has 2 aromatic rings. The van der Waals surface area contributed by atoms with Crippen molar-refractivity contribution in [3.63, 3.8) is 0 Å². The first-order chi connectivity index (χ1) is 9.24. The monoisotopic (exact) mass is 258 g/mol. The highest BCUT2D eigenvalue weighted by Gasteiger charge is 2.28. The molecule has 1 saturated heterocycles. The largest absolute Gasteiger partial charge is 0.350 e. The number of aromatic nitrogens is 2. The lowest BCUT2D eigenvalue weighted by molar-refractivity contribution is -0.126. The third-order valence-electron chi connectivity index (χ3n) is 3.79. The highest BCUT2D eigenvalue weighted by Crippen LogP contribution is 2.15. The van der Waals surface area contributed by atoms with Crippen LogP contribution >= 0.6 is 0 Å². The molecule has 0 aromatic carbocycles. The fraction of sp³-hybridized carbons (Fsp3) is 0.429. The Hall–Kier alpha value is -1.88.